The Morgan fingerprint density at radius 2 is 1.72 bits per heavy atom. The van der Waals surface area contributed by atoms with Gasteiger partial charge in [0.2, 0.25) is 0 Å². The molecule has 1 N–H and O–H groups in total. The Balaban J connectivity index is 2.87. The topological polar surface area (TPSA) is 12.0 Å². The van der Waals surface area contributed by atoms with Crippen molar-refractivity contribution >= 4 is 0 Å². The molecule has 0 bridgehead atoms. The van der Waals surface area contributed by atoms with Crippen molar-refractivity contribution in [1.82, 2.24) is 5.32 Å². The highest BCUT2D eigenvalue weighted by molar-refractivity contribution is 5.21. The fourth-order valence-corrected chi connectivity index (χ4v) is 3.01. The lowest BCUT2D eigenvalue weighted by Gasteiger charge is -2.32. The van der Waals surface area contributed by atoms with E-state index in [9.17, 15) is 0 Å². The van der Waals surface area contributed by atoms with Crippen LogP contribution in [0.25, 0.3) is 0 Å². The van der Waals surface area contributed by atoms with Crippen molar-refractivity contribution < 1.29 is 0 Å². The van der Waals surface area contributed by atoms with E-state index in [-0.39, 0.29) is 0 Å². The van der Waals surface area contributed by atoms with Gasteiger partial charge in [-0.25, -0.2) is 0 Å². The lowest BCUT2D eigenvalue weighted by molar-refractivity contribution is 0.306. The van der Waals surface area contributed by atoms with E-state index < -0.39 is 0 Å². The first-order chi connectivity index (χ1) is 8.74. The monoisotopic (exact) mass is 247 g/mol. The number of hydrogen-bond donors (Lipinski definition) is 1. The third-order valence-electron chi connectivity index (χ3n) is 3.90. The number of rotatable bonds is 8. The zero-order valence-corrected chi connectivity index (χ0v) is 12.4. The van der Waals surface area contributed by atoms with Gasteiger partial charge in [-0.1, -0.05) is 64.4 Å². The van der Waals surface area contributed by atoms with E-state index in [0.717, 1.165) is 12.5 Å². The van der Waals surface area contributed by atoms with Crippen molar-refractivity contribution in [3.8, 4) is 0 Å². The summed E-state index contributed by atoms with van der Waals surface area (Å²) in [5, 5.41) is 3.72. The summed E-state index contributed by atoms with van der Waals surface area (Å²) in [6, 6.07) is 11.6. The molecule has 0 saturated heterocycles. The summed E-state index contributed by atoms with van der Waals surface area (Å²) in [7, 11) is 0. The normalized spacial score (nSPS) is 16.2. The number of likely N-dealkylation sites (N-methyl/N-ethyl adjacent to an activating group) is 1. The molecule has 1 aromatic rings. The smallest absolute Gasteiger partial charge is 0.0161 e. The Hall–Kier alpha value is -0.820. The minimum Gasteiger partial charge on any atom is -0.313 e. The fraction of sp³-hybridized carbons (Fsp3) is 0.647. The first-order valence-electron chi connectivity index (χ1n) is 7.52. The molecule has 0 fully saturated rings. The summed E-state index contributed by atoms with van der Waals surface area (Å²) in [4.78, 5) is 0. The SMILES string of the molecule is CCCC(C)C(NCC)C(CC)c1ccccc1. The Bertz CT molecular complexity index is 307. The van der Waals surface area contributed by atoms with E-state index >= 15 is 0 Å². The third-order valence-corrected chi connectivity index (χ3v) is 3.90. The van der Waals surface area contributed by atoms with Gasteiger partial charge in [-0.05, 0) is 36.8 Å². The number of nitrogens with one attached hydrogen (secondary N) is 1. The molecule has 3 unspecified atom stereocenters. The second kappa shape index (κ2) is 8.31. The van der Waals surface area contributed by atoms with Crippen molar-refractivity contribution in [2.45, 2.75) is 58.9 Å². The highest BCUT2D eigenvalue weighted by Crippen LogP contribution is 2.29. The van der Waals surface area contributed by atoms with Crippen molar-refractivity contribution in [1.29, 1.82) is 0 Å². The molecule has 0 aliphatic carbocycles. The van der Waals surface area contributed by atoms with Crippen LogP contribution in [0.15, 0.2) is 30.3 Å². The van der Waals surface area contributed by atoms with E-state index in [1.807, 2.05) is 0 Å². The van der Waals surface area contributed by atoms with E-state index in [1.165, 1.54) is 24.8 Å². The van der Waals surface area contributed by atoms with E-state index in [0.29, 0.717) is 12.0 Å². The molecule has 18 heavy (non-hydrogen) atoms. The van der Waals surface area contributed by atoms with Crippen LogP contribution in [0.2, 0.25) is 0 Å². The van der Waals surface area contributed by atoms with Crippen molar-refractivity contribution in [3.63, 3.8) is 0 Å². The number of hydrogen-bond acceptors (Lipinski definition) is 1. The maximum absolute atomic E-state index is 3.72. The fourth-order valence-electron chi connectivity index (χ4n) is 3.01. The second-order valence-electron chi connectivity index (χ2n) is 5.27. The van der Waals surface area contributed by atoms with Crippen LogP contribution in [-0.2, 0) is 0 Å². The molecule has 0 amide bonds. The van der Waals surface area contributed by atoms with Gasteiger partial charge < -0.3 is 5.32 Å². The Morgan fingerprint density at radius 3 is 2.22 bits per heavy atom. The Kier molecular flexibility index (Phi) is 7.04. The lowest BCUT2D eigenvalue weighted by Crippen LogP contribution is -2.40. The molecule has 0 radical (unpaired) electrons. The van der Waals surface area contributed by atoms with Gasteiger partial charge >= 0.3 is 0 Å². The maximum atomic E-state index is 3.72. The predicted octanol–water partition coefficient (Wildman–Crippen LogP) is 4.59. The van der Waals surface area contributed by atoms with Gasteiger partial charge in [-0.3, -0.25) is 0 Å². The van der Waals surface area contributed by atoms with E-state index in [1.54, 1.807) is 0 Å². The second-order valence-corrected chi connectivity index (χ2v) is 5.27. The van der Waals surface area contributed by atoms with Crippen molar-refractivity contribution in [2.75, 3.05) is 6.54 Å². The van der Waals surface area contributed by atoms with Crippen LogP contribution in [0, 0.1) is 5.92 Å². The van der Waals surface area contributed by atoms with Crippen LogP contribution in [0.4, 0.5) is 0 Å². The van der Waals surface area contributed by atoms with Crippen LogP contribution in [0.5, 0.6) is 0 Å². The third kappa shape index (κ3) is 4.13. The molecule has 0 aromatic heterocycles. The number of benzene rings is 1. The van der Waals surface area contributed by atoms with Crippen LogP contribution >= 0.6 is 0 Å². The average Bonchev–Trinajstić information content (AvgIpc) is 2.40. The highest BCUT2D eigenvalue weighted by atomic mass is 14.9. The summed E-state index contributed by atoms with van der Waals surface area (Å²) in [5.41, 5.74) is 1.48. The van der Waals surface area contributed by atoms with E-state index in [2.05, 4.69) is 63.3 Å². The molecule has 1 rings (SSSR count). The minimum atomic E-state index is 0.599. The Labute approximate surface area is 113 Å². The molecule has 0 spiro atoms. The molecule has 0 aliphatic heterocycles. The van der Waals surface area contributed by atoms with Gasteiger partial charge in [0.25, 0.3) is 0 Å². The average molecular weight is 247 g/mol. The van der Waals surface area contributed by atoms with Crippen LogP contribution in [0.3, 0.4) is 0 Å². The molecule has 1 heteroatoms. The van der Waals surface area contributed by atoms with Crippen molar-refractivity contribution in [3.05, 3.63) is 35.9 Å². The van der Waals surface area contributed by atoms with Gasteiger partial charge in [0.05, 0.1) is 0 Å². The van der Waals surface area contributed by atoms with Crippen molar-refractivity contribution in [2.24, 2.45) is 5.92 Å². The molecular weight excluding hydrogens is 218 g/mol. The largest absolute Gasteiger partial charge is 0.313 e. The van der Waals surface area contributed by atoms with Gasteiger partial charge in [0.1, 0.15) is 0 Å². The molecule has 0 aliphatic rings. The molecular formula is C17H29N. The van der Waals surface area contributed by atoms with Crippen LogP contribution < -0.4 is 5.32 Å². The molecule has 1 aromatic carbocycles. The standard InChI is InChI=1S/C17H29N/c1-5-11-14(4)17(18-7-3)16(6-2)15-12-9-8-10-13-15/h8-10,12-14,16-18H,5-7,11H2,1-4H3. The van der Waals surface area contributed by atoms with Gasteiger partial charge in [-0.15, -0.1) is 0 Å². The minimum absolute atomic E-state index is 0.599. The predicted molar refractivity (Wildman–Crippen MR) is 81.0 cm³/mol. The summed E-state index contributed by atoms with van der Waals surface area (Å²) in [5.74, 6) is 1.37. The molecule has 0 saturated carbocycles. The maximum Gasteiger partial charge on any atom is 0.0161 e. The first-order valence-corrected chi connectivity index (χ1v) is 7.52. The highest BCUT2D eigenvalue weighted by Gasteiger charge is 2.25. The van der Waals surface area contributed by atoms with Gasteiger partial charge in [0.15, 0.2) is 0 Å². The Morgan fingerprint density at radius 1 is 1.06 bits per heavy atom. The molecule has 3 atom stereocenters. The summed E-state index contributed by atoms with van der Waals surface area (Å²) >= 11 is 0. The summed E-state index contributed by atoms with van der Waals surface area (Å²) in [6.07, 6.45) is 3.78. The van der Waals surface area contributed by atoms with Gasteiger partial charge in [-0.2, -0.15) is 0 Å². The van der Waals surface area contributed by atoms with E-state index in [4.69, 9.17) is 0 Å². The quantitative estimate of drug-likeness (QED) is 0.708. The summed E-state index contributed by atoms with van der Waals surface area (Å²) < 4.78 is 0. The lowest BCUT2D eigenvalue weighted by atomic mass is 9.81. The zero-order valence-electron chi connectivity index (χ0n) is 12.4. The molecule has 1 nitrogen and oxygen atoms in total. The molecule has 0 heterocycles. The first kappa shape index (κ1) is 15.2. The van der Waals surface area contributed by atoms with Crippen LogP contribution in [0.1, 0.15) is 58.4 Å². The van der Waals surface area contributed by atoms with Crippen LogP contribution in [-0.4, -0.2) is 12.6 Å². The van der Waals surface area contributed by atoms with Gasteiger partial charge in [0, 0.05) is 6.04 Å². The molecule has 102 valence electrons. The summed E-state index contributed by atoms with van der Waals surface area (Å²) in [6.45, 7) is 10.2. The zero-order chi connectivity index (χ0) is 13.4.